The van der Waals surface area contributed by atoms with E-state index in [0.717, 1.165) is 22.6 Å². The first-order chi connectivity index (χ1) is 16.3. The Morgan fingerprint density at radius 1 is 1.09 bits per heavy atom. The molecular weight excluding hydrogens is 476 g/mol. The van der Waals surface area contributed by atoms with Gasteiger partial charge in [-0.25, -0.2) is 13.4 Å². The van der Waals surface area contributed by atoms with E-state index in [1.807, 2.05) is 26.0 Å². The molecule has 11 heteroatoms. The minimum atomic E-state index is -3.74. The van der Waals surface area contributed by atoms with Gasteiger partial charge in [0.15, 0.2) is 5.13 Å². The number of anilines is 2. The van der Waals surface area contributed by atoms with Gasteiger partial charge in [-0.15, -0.1) is 11.3 Å². The third kappa shape index (κ3) is 5.80. The van der Waals surface area contributed by atoms with Gasteiger partial charge in [-0.1, -0.05) is 17.3 Å². The first-order valence-corrected chi connectivity index (χ1v) is 12.6. The number of benzene rings is 2. The highest BCUT2D eigenvalue weighted by molar-refractivity contribution is 7.93. The van der Waals surface area contributed by atoms with Crippen molar-refractivity contribution in [3.8, 4) is 5.75 Å². The van der Waals surface area contributed by atoms with Gasteiger partial charge in [0, 0.05) is 17.3 Å². The van der Waals surface area contributed by atoms with Crippen molar-refractivity contribution in [1.29, 1.82) is 0 Å². The van der Waals surface area contributed by atoms with Gasteiger partial charge in [0.1, 0.15) is 18.1 Å². The molecule has 0 atom stereocenters. The zero-order valence-corrected chi connectivity index (χ0v) is 20.1. The maximum absolute atomic E-state index is 12.4. The molecule has 0 spiro atoms. The highest BCUT2D eigenvalue weighted by Gasteiger charge is 2.16. The average Bonchev–Trinajstić information content (AvgIpc) is 3.42. The summed E-state index contributed by atoms with van der Waals surface area (Å²) < 4.78 is 38.1. The lowest BCUT2D eigenvalue weighted by molar-refractivity contribution is -0.115. The quantitative estimate of drug-likeness (QED) is 0.352. The molecule has 2 aromatic heterocycles. The lowest BCUT2D eigenvalue weighted by Gasteiger charge is -2.09. The Kier molecular flexibility index (Phi) is 6.94. The lowest BCUT2D eigenvalue weighted by atomic mass is 10.1. The third-order valence-corrected chi connectivity index (χ3v) is 7.13. The summed E-state index contributed by atoms with van der Waals surface area (Å²) in [7, 11) is -3.74. The number of aromatic nitrogens is 2. The molecule has 2 heterocycles. The summed E-state index contributed by atoms with van der Waals surface area (Å²) in [4.78, 5) is 16.4. The summed E-state index contributed by atoms with van der Waals surface area (Å²) >= 11 is 1.19. The number of amides is 1. The predicted molar refractivity (Wildman–Crippen MR) is 128 cm³/mol. The molecule has 176 valence electrons. The number of aryl methyl sites for hydroxylation is 2. The van der Waals surface area contributed by atoms with Crippen LogP contribution in [0.15, 0.2) is 69.5 Å². The van der Waals surface area contributed by atoms with Crippen molar-refractivity contribution >= 4 is 38.1 Å². The Morgan fingerprint density at radius 2 is 1.82 bits per heavy atom. The van der Waals surface area contributed by atoms with E-state index in [1.54, 1.807) is 29.6 Å². The zero-order chi connectivity index (χ0) is 24.1. The van der Waals surface area contributed by atoms with Crippen LogP contribution >= 0.6 is 11.3 Å². The maximum atomic E-state index is 12.4. The number of carbonyl (C=O) groups excluding carboxylic acids is 1. The van der Waals surface area contributed by atoms with Crippen LogP contribution in [-0.4, -0.2) is 24.5 Å². The summed E-state index contributed by atoms with van der Waals surface area (Å²) in [6.45, 7) is 4.06. The van der Waals surface area contributed by atoms with Gasteiger partial charge in [-0.3, -0.25) is 9.52 Å². The van der Waals surface area contributed by atoms with E-state index in [1.165, 1.54) is 29.7 Å². The maximum Gasteiger partial charge on any atom is 0.263 e. The first kappa shape index (κ1) is 23.5. The van der Waals surface area contributed by atoms with E-state index >= 15 is 0 Å². The number of hydrogen-bond donors (Lipinski definition) is 2. The van der Waals surface area contributed by atoms with Crippen molar-refractivity contribution in [2.75, 3.05) is 10.0 Å². The molecule has 0 unspecified atom stereocenters. The predicted octanol–water partition coefficient (Wildman–Crippen LogP) is 4.31. The van der Waals surface area contributed by atoms with Crippen LogP contribution in [0.1, 0.15) is 22.6 Å². The molecule has 0 radical (unpaired) electrons. The van der Waals surface area contributed by atoms with Crippen LogP contribution < -0.4 is 14.8 Å². The molecule has 2 N–H and O–H groups in total. The van der Waals surface area contributed by atoms with Crippen molar-refractivity contribution in [1.82, 2.24) is 10.1 Å². The van der Waals surface area contributed by atoms with E-state index in [9.17, 15) is 13.2 Å². The molecule has 0 fully saturated rings. The molecule has 1 amide bonds. The van der Waals surface area contributed by atoms with Crippen LogP contribution in [0, 0.1) is 13.8 Å². The minimum absolute atomic E-state index is 0.0767. The van der Waals surface area contributed by atoms with Crippen molar-refractivity contribution in [2.24, 2.45) is 0 Å². The molecular formula is C23H22N4O5S2. The van der Waals surface area contributed by atoms with Crippen LogP contribution in [0.5, 0.6) is 5.75 Å². The number of sulfonamides is 1. The van der Waals surface area contributed by atoms with Gasteiger partial charge in [-0.2, -0.15) is 0 Å². The summed E-state index contributed by atoms with van der Waals surface area (Å²) in [6.07, 6.45) is 1.68. The van der Waals surface area contributed by atoms with E-state index in [-0.39, 0.29) is 22.4 Å². The summed E-state index contributed by atoms with van der Waals surface area (Å²) in [5.41, 5.74) is 3.03. The minimum Gasteiger partial charge on any atom is -0.489 e. The summed E-state index contributed by atoms with van der Waals surface area (Å²) in [6, 6.07) is 13.2. The Bertz CT molecular complexity index is 1340. The Labute approximate surface area is 200 Å². The smallest absolute Gasteiger partial charge is 0.263 e. The largest absolute Gasteiger partial charge is 0.489 e. The number of hydrogen-bond acceptors (Lipinski definition) is 8. The van der Waals surface area contributed by atoms with Gasteiger partial charge < -0.3 is 14.6 Å². The fraction of sp³-hybridized carbons (Fsp3) is 0.174. The van der Waals surface area contributed by atoms with E-state index in [4.69, 9.17) is 9.26 Å². The molecule has 4 aromatic rings. The van der Waals surface area contributed by atoms with Crippen LogP contribution in [0.3, 0.4) is 0 Å². The molecule has 0 saturated carbocycles. The molecule has 0 aliphatic rings. The van der Waals surface area contributed by atoms with E-state index in [2.05, 4.69) is 20.2 Å². The fourth-order valence-electron chi connectivity index (χ4n) is 3.12. The highest BCUT2D eigenvalue weighted by Crippen LogP contribution is 2.21. The second kappa shape index (κ2) is 10.1. The van der Waals surface area contributed by atoms with Crippen molar-refractivity contribution < 1.29 is 22.5 Å². The van der Waals surface area contributed by atoms with Gasteiger partial charge in [0.25, 0.3) is 10.0 Å². The van der Waals surface area contributed by atoms with Crippen LogP contribution in [0.25, 0.3) is 0 Å². The van der Waals surface area contributed by atoms with Crippen molar-refractivity contribution in [3.63, 3.8) is 0 Å². The standard InChI is InChI=1S/C23H22N4O5S2/c1-15-21(16(2)32-26-15)14-31-19-7-3-17(4-8-19)13-22(28)25-18-5-9-20(10-6-18)34(29,30)27-23-24-11-12-33-23/h3-12H,13-14H2,1-2H3,(H,24,27)(H,25,28). The lowest BCUT2D eigenvalue weighted by Crippen LogP contribution is -2.15. The number of thiazole rings is 1. The number of carbonyl (C=O) groups is 1. The fourth-order valence-corrected chi connectivity index (χ4v) is 4.91. The normalized spacial score (nSPS) is 11.2. The topological polar surface area (TPSA) is 123 Å². The molecule has 9 nitrogen and oxygen atoms in total. The molecule has 0 aliphatic heterocycles. The van der Waals surface area contributed by atoms with Crippen molar-refractivity contribution in [2.45, 2.75) is 31.8 Å². The average molecular weight is 499 g/mol. The van der Waals surface area contributed by atoms with Gasteiger partial charge in [-0.05, 0) is 55.8 Å². The first-order valence-electron chi connectivity index (χ1n) is 10.3. The Morgan fingerprint density at radius 3 is 2.44 bits per heavy atom. The molecule has 0 saturated heterocycles. The summed E-state index contributed by atoms with van der Waals surface area (Å²) in [5, 5.41) is 8.65. The van der Waals surface area contributed by atoms with Crippen LogP contribution in [0.2, 0.25) is 0 Å². The van der Waals surface area contributed by atoms with Crippen LogP contribution in [-0.2, 0) is 27.8 Å². The second-order valence-electron chi connectivity index (χ2n) is 7.43. The SMILES string of the molecule is Cc1noc(C)c1COc1ccc(CC(=O)Nc2ccc(S(=O)(=O)Nc3nccs3)cc2)cc1. The molecule has 34 heavy (non-hydrogen) atoms. The number of rotatable bonds is 9. The number of nitrogens with zero attached hydrogens (tertiary/aromatic N) is 2. The van der Waals surface area contributed by atoms with E-state index < -0.39 is 10.0 Å². The van der Waals surface area contributed by atoms with Crippen LogP contribution in [0.4, 0.5) is 10.8 Å². The molecule has 0 aliphatic carbocycles. The third-order valence-electron chi connectivity index (χ3n) is 4.95. The monoisotopic (exact) mass is 498 g/mol. The highest BCUT2D eigenvalue weighted by atomic mass is 32.2. The molecule has 2 aromatic carbocycles. The van der Waals surface area contributed by atoms with E-state index in [0.29, 0.717) is 18.0 Å². The second-order valence-corrected chi connectivity index (χ2v) is 10.0. The number of ether oxygens (including phenoxy) is 1. The van der Waals surface area contributed by atoms with Gasteiger partial charge >= 0.3 is 0 Å². The Balaban J connectivity index is 1.30. The van der Waals surface area contributed by atoms with Gasteiger partial charge in [0.05, 0.1) is 22.6 Å². The number of nitrogens with one attached hydrogen (secondary N) is 2. The zero-order valence-electron chi connectivity index (χ0n) is 18.4. The Hall–Kier alpha value is -3.70. The van der Waals surface area contributed by atoms with Gasteiger partial charge in [0.2, 0.25) is 5.91 Å². The summed E-state index contributed by atoms with van der Waals surface area (Å²) in [5.74, 6) is 1.18. The molecule has 0 bridgehead atoms. The van der Waals surface area contributed by atoms with Crippen molar-refractivity contribution in [3.05, 3.63) is 82.7 Å². The molecule has 4 rings (SSSR count).